The Hall–Kier alpha value is -3.44. The summed E-state index contributed by atoms with van der Waals surface area (Å²) in [6.07, 6.45) is 9.75. The first-order valence-electron chi connectivity index (χ1n) is 12.4. The Labute approximate surface area is 216 Å². The normalized spacial score (nSPS) is 18.7. The van der Waals surface area contributed by atoms with Gasteiger partial charge >= 0.3 is 6.01 Å². The minimum Gasteiger partial charge on any atom is -0.462 e. The van der Waals surface area contributed by atoms with Crippen LogP contribution in [0.3, 0.4) is 0 Å². The zero-order chi connectivity index (χ0) is 25.5. The van der Waals surface area contributed by atoms with Crippen LogP contribution in [-0.4, -0.2) is 64.2 Å². The van der Waals surface area contributed by atoms with E-state index in [1.807, 2.05) is 0 Å². The smallest absolute Gasteiger partial charge is 0.319 e. The summed E-state index contributed by atoms with van der Waals surface area (Å²) in [5.41, 5.74) is 6.63. The van der Waals surface area contributed by atoms with Crippen LogP contribution in [0.4, 0.5) is 19.7 Å². The predicted molar refractivity (Wildman–Crippen MR) is 142 cm³/mol. The van der Waals surface area contributed by atoms with Gasteiger partial charge in [0.2, 0.25) is 0 Å². The Morgan fingerprint density at radius 2 is 1.89 bits per heavy atom. The maximum absolute atomic E-state index is 16.2. The molecule has 4 aromatic rings. The Morgan fingerprint density at radius 1 is 1.08 bits per heavy atom. The number of anilines is 2. The number of rotatable bonds is 5. The lowest BCUT2D eigenvalue weighted by Gasteiger charge is -2.24. The molecule has 0 saturated carbocycles. The molecule has 11 heteroatoms. The molecule has 1 atom stereocenters. The molecule has 2 N–H and O–H groups in total. The summed E-state index contributed by atoms with van der Waals surface area (Å²) in [6.45, 7) is 2.94. The van der Waals surface area contributed by atoms with Gasteiger partial charge in [-0.3, -0.25) is 4.98 Å². The molecule has 192 valence electrons. The van der Waals surface area contributed by atoms with Gasteiger partial charge in [0.15, 0.2) is 10.9 Å². The lowest BCUT2D eigenvalue weighted by molar-refractivity contribution is 0.188. The number of nitrogens with zero attached hydrogens (tertiary/aromatic N) is 6. The van der Waals surface area contributed by atoms with Crippen molar-refractivity contribution in [2.75, 3.05) is 43.9 Å². The number of ether oxygens (including phenoxy) is 1. The molecule has 6 rings (SSSR count). The number of hydrogen-bond acceptors (Lipinski definition) is 9. The summed E-state index contributed by atoms with van der Waals surface area (Å²) in [5, 5.41) is 0.708. The van der Waals surface area contributed by atoms with Gasteiger partial charge in [-0.1, -0.05) is 23.5 Å². The number of likely N-dealkylation sites (tertiary alicyclic amines) is 1. The van der Waals surface area contributed by atoms with Crippen LogP contribution in [0.5, 0.6) is 6.01 Å². The van der Waals surface area contributed by atoms with Crippen LogP contribution in [0.2, 0.25) is 0 Å². The van der Waals surface area contributed by atoms with Crippen LogP contribution in [0.25, 0.3) is 32.4 Å². The minimum absolute atomic E-state index is 0.0338. The monoisotopic (exact) mass is 523 g/mol. The lowest BCUT2D eigenvalue weighted by atomic mass is 10.1. The van der Waals surface area contributed by atoms with Gasteiger partial charge in [-0.15, -0.1) is 0 Å². The Morgan fingerprint density at radius 3 is 2.65 bits per heavy atom. The second kappa shape index (κ2) is 9.79. The molecule has 0 amide bonds. The molecule has 2 aliphatic heterocycles. The Kier molecular flexibility index (Phi) is 6.33. The summed E-state index contributed by atoms with van der Waals surface area (Å²) in [7, 11) is 2.07. The van der Waals surface area contributed by atoms with Crippen molar-refractivity contribution < 1.29 is 13.5 Å². The fourth-order valence-electron chi connectivity index (χ4n) is 5.08. The number of benzene rings is 1. The Balaban J connectivity index is 1.47. The fourth-order valence-corrected chi connectivity index (χ4v) is 5.84. The maximum atomic E-state index is 16.2. The highest BCUT2D eigenvalue weighted by molar-refractivity contribution is 7.22. The fraction of sp³-hybridized carbons (Fsp3) is 0.385. The van der Waals surface area contributed by atoms with E-state index in [9.17, 15) is 4.39 Å². The molecule has 1 saturated heterocycles. The van der Waals surface area contributed by atoms with Gasteiger partial charge in [-0.25, -0.2) is 13.8 Å². The SMILES string of the molecule is CN1CCCC1COc1nc(N2CCC=CCC2)c2cnc(-c3ccc(F)c4sc(N)nc34)c(F)c2n1. The third-order valence-electron chi connectivity index (χ3n) is 7.08. The van der Waals surface area contributed by atoms with Crippen molar-refractivity contribution in [3.63, 3.8) is 0 Å². The molecule has 8 nitrogen and oxygen atoms in total. The van der Waals surface area contributed by atoms with Crippen molar-refractivity contribution in [2.45, 2.75) is 31.7 Å². The molecular formula is C26H27F2N7OS. The zero-order valence-corrected chi connectivity index (χ0v) is 21.3. The molecule has 37 heavy (non-hydrogen) atoms. The van der Waals surface area contributed by atoms with E-state index in [1.165, 1.54) is 12.1 Å². The lowest BCUT2D eigenvalue weighted by Crippen LogP contribution is -2.31. The zero-order valence-electron chi connectivity index (χ0n) is 20.5. The van der Waals surface area contributed by atoms with Crippen LogP contribution in [0.15, 0.2) is 30.5 Å². The summed E-state index contributed by atoms with van der Waals surface area (Å²) in [6, 6.07) is 3.16. The van der Waals surface area contributed by atoms with E-state index >= 15 is 4.39 Å². The molecular weight excluding hydrogens is 496 g/mol. The maximum Gasteiger partial charge on any atom is 0.319 e. The van der Waals surface area contributed by atoms with Crippen LogP contribution in [0.1, 0.15) is 25.7 Å². The first-order chi connectivity index (χ1) is 18.0. The first kappa shape index (κ1) is 23.9. The van der Waals surface area contributed by atoms with E-state index in [0.717, 1.165) is 56.7 Å². The number of nitrogens with two attached hydrogens (primary N) is 1. The Bertz CT molecular complexity index is 1500. The molecule has 1 unspecified atom stereocenters. The predicted octanol–water partition coefficient (Wildman–Crippen LogP) is 4.79. The summed E-state index contributed by atoms with van der Waals surface area (Å²) < 4.78 is 36.9. The van der Waals surface area contributed by atoms with E-state index in [1.54, 1.807) is 6.20 Å². The minimum atomic E-state index is -0.628. The van der Waals surface area contributed by atoms with Crippen LogP contribution < -0.4 is 15.4 Å². The van der Waals surface area contributed by atoms with Gasteiger partial charge in [0.05, 0.1) is 15.6 Å². The van der Waals surface area contributed by atoms with Gasteiger partial charge in [-0.2, -0.15) is 9.97 Å². The van der Waals surface area contributed by atoms with E-state index in [2.05, 4.69) is 44.0 Å². The average Bonchev–Trinajstić information content (AvgIpc) is 3.38. The number of fused-ring (bicyclic) bond motifs is 2. The van der Waals surface area contributed by atoms with Crippen LogP contribution in [-0.2, 0) is 0 Å². The molecule has 0 radical (unpaired) electrons. The van der Waals surface area contributed by atoms with Gasteiger partial charge in [0.25, 0.3) is 0 Å². The van der Waals surface area contributed by atoms with Crippen molar-refractivity contribution >= 4 is 43.4 Å². The number of pyridine rings is 1. The van der Waals surface area contributed by atoms with Crippen molar-refractivity contribution in [1.82, 2.24) is 24.8 Å². The van der Waals surface area contributed by atoms with E-state index in [-0.39, 0.29) is 38.6 Å². The standard InChI is InChI=1S/C26H27F2N7OS/c1-34-10-6-7-15(34)14-36-26-32-21-17(24(33-26)35-11-4-2-3-5-12-35)13-30-20(19(21)28)16-8-9-18(27)23-22(16)31-25(29)37-23/h2-3,8-9,13,15H,4-7,10-12,14H2,1H3,(H2,29,31). The van der Waals surface area contributed by atoms with E-state index in [0.29, 0.717) is 23.4 Å². The van der Waals surface area contributed by atoms with Crippen LogP contribution in [0, 0.1) is 11.6 Å². The molecule has 0 bridgehead atoms. The molecule has 3 aromatic heterocycles. The molecule has 1 fully saturated rings. The third-order valence-corrected chi connectivity index (χ3v) is 7.98. The van der Waals surface area contributed by atoms with Crippen molar-refractivity contribution in [3.8, 4) is 17.3 Å². The quantitative estimate of drug-likeness (QED) is 0.373. The van der Waals surface area contributed by atoms with Crippen molar-refractivity contribution in [2.24, 2.45) is 0 Å². The number of hydrogen-bond donors (Lipinski definition) is 1. The van der Waals surface area contributed by atoms with Crippen molar-refractivity contribution in [1.29, 1.82) is 0 Å². The number of nitrogen functional groups attached to an aromatic ring is 1. The molecule has 0 spiro atoms. The van der Waals surface area contributed by atoms with Crippen molar-refractivity contribution in [3.05, 3.63) is 42.1 Å². The number of likely N-dealkylation sites (N-methyl/N-ethyl adjacent to an activating group) is 1. The molecule has 1 aromatic carbocycles. The second-order valence-electron chi connectivity index (χ2n) is 9.46. The van der Waals surface area contributed by atoms with Crippen LogP contribution >= 0.6 is 11.3 Å². The third kappa shape index (κ3) is 4.46. The van der Waals surface area contributed by atoms with Gasteiger partial charge in [-0.05, 0) is 51.4 Å². The van der Waals surface area contributed by atoms with E-state index in [4.69, 9.17) is 15.5 Å². The average molecular weight is 524 g/mol. The summed E-state index contributed by atoms with van der Waals surface area (Å²) >= 11 is 1.02. The van der Waals surface area contributed by atoms with Gasteiger partial charge in [0.1, 0.15) is 29.5 Å². The molecule has 0 aliphatic carbocycles. The summed E-state index contributed by atoms with van der Waals surface area (Å²) in [5.74, 6) is -0.485. The highest BCUT2D eigenvalue weighted by Gasteiger charge is 2.25. The van der Waals surface area contributed by atoms with Gasteiger partial charge < -0.3 is 20.3 Å². The highest BCUT2D eigenvalue weighted by atomic mass is 32.1. The topological polar surface area (TPSA) is 93.3 Å². The first-order valence-corrected chi connectivity index (χ1v) is 13.3. The number of aromatic nitrogens is 4. The molecule has 2 aliphatic rings. The highest BCUT2D eigenvalue weighted by Crippen LogP contribution is 2.37. The largest absolute Gasteiger partial charge is 0.462 e. The molecule has 5 heterocycles. The van der Waals surface area contributed by atoms with E-state index < -0.39 is 11.6 Å². The number of halogens is 2. The summed E-state index contributed by atoms with van der Waals surface area (Å²) in [4.78, 5) is 22.3. The number of thiazole rings is 1. The second-order valence-corrected chi connectivity index (χ2v) is 10.5. The van der Waals surface area contributed by atoms with Gasteiger partial charge in [0, 0.05) is 30.9 Å².